The third-order valence-electron chi connectivity index (χ3n) is 3.83. The molecule has 0 atom stereocenters. The Morgan fingerprint density at radius 3 is 2.21 bits per heavy atom. The molecule has 0 bridgehead atoms. The minimum Gasteiger partial charge on any atom is -0.342 e. The van der Waals surface area contributed by atoms with Crippen molar-refractivity contribution in [3.8, 4) is 0 Å². The molecule has 0 radical (unpaired) electrons. The van der Waals surface area contributed by atoms with Gasteiger partial charge in [0, 0.05) is 17.4 Å². The quantitative estimate of drug-likeness (QED) is 0.563. The molecule has 0 aliphatic heterocycles. The van der Waals surface area contributed by atoms with Crippen LogP contribution in [0, 0.1) is 0 Å². The summed E-state index contributed by atoms with van der Waals surface area (Å²) in [5.74, 6) is 0. The fourth-order valence-electron chi connectivity index (χ4n) is 2.71. The average Bonchev–Trinajstić information content (AvgIpc) is 2.90. The maximum atomic E-state index is 4.29. The van der Waals surface area contributed by atoms with E-state index < -0.39 is 0 Å². The van der Waals surface area contributed by atoms with Crippen LogP contribution >= 0.6 is 0 Å². The lowest BCUT2D eigenvalue weighted by Crippen LogP contribution is -2.31. The van der Waals surface area contributed by atoms with Crippen molar-refractivity contribution in [2.45, 2.75) is 65.8 Å². The SMILES string of the molecule is C=C/C(C)=C(\C=C(C)C)N(C(=C)CC)C1CCCC1. The summed E-state index contributed by atoms with van der Waals surface area (Å²) in [6.45, 7) is 16.9. The van der Waals surface area contributed by atoms with Crippen molar-refractivity contribution in [1.82, 2.24) is 4.90 Å². The summed E-state index contributed by atoms with van der Waals surface area (Å²) in [5.41, 5.74) is 5.07. The van der Waals surface area contributed by atoms with E-state index in [0.29, 0.717) is 6.04 Å². The van der Waals surface area contributed by atoms with E-state index in [2.05, 4.69) is 51.8 Å². The fraction of sp³-hybridized carbons (Fsp3) is 0.556. The van der Waals surface area contributed by atoms with E-state index in [0.717, 1.165) is 6.42 Å². The zero-order chi connectivity index (χ0) is 14.4. The molecular weight excluding hydrogens is 230 g/mol. The number of nitrogens with zero attached hydrogens (tertiary/aromatic N) is 1. The van der Waals surface area contributed by atoms with E-state index in [-0.39, 0.29) is 0 Å². The van der Waals surface area contributed by atoms with E-state index in [1.807, 2.05) is 6.08 Å². The molecule has 19 heavy (non-hydrogen) atoms. The van der Waals surface area contributed by atoms with Crippen molar-refractivity contribution in [2.24, 2.45) is 0 Å². The van der Waals surface area contributed by atoms with Crippen LogP contribution in [0.4, 0.5) is 0 Å². The van der Waals surface area contributed by atoms with Gasteiger partial charge in [0.2, 0.25) is 0 Å². The van der Waals surface area contributed by atoms with Gasteiger partial charge in [-0.1, -0.05) is 44.6 Å². The molecule has 1 rings (SSSR count). The van der Waals surface area contributed by atoms with Gasteiger partial charge in [-0.3, -0.25) is 0 Å². The zero-order valence-electron chi connectivity index (χ0n) is 13.1. The maximum Gasteiger partial charge on any atom is 0.0439 e. The second-order valence-electron chi connectivity index (χ2n) is 5.72. The van der Waals surface area contributed by atoms with Crippen LogP contribution in [0.3, 0.4) is 0 Å². The first-order chi connectivity index (χ1) is 9.01. The first kappa shape index (κ1) is 15.8. The van der Waals surface area contributed by atoms with E-state index in [4.69, 9.17) is 0 Å². The van der Waals surface area contributed by atoms with E-state index in [1.165, 1.54) is 48.2 Å². The molecule has 0 saturated heterocycles. The summed E-state index contributed by atoms with van der Waals surface area (Å²) in [5, 5.41) is 0. The van der Waals surface area contributed by atoms with E-state index in [1.54, 1.807) is 0 Å². The summed E-state index contributed by atoms with van der Waals surface area (Å²) in [6.07, 6.45) is 10.5. The molecule has 106 valence electrons. The first-order valence-electron chi connectivity index (χ1n) is 7.46. The third-order valence-corrected chi connectivity index (χ3v) is 3.83. The normalized spacial score (nSPS) is 16.8. The van der Waals surface area contributed by atoms with Crippen LogP contribution in [0.1, 0.15) is 59.8 Å². The van der Waals surface area contributed by atoms with Gasteiger partial charge in [0.25, 0.3) is 0 Å². The van der Waals surface area contributed by atoms with E-state index >= 15 is 0 Å². The first-order valence-corrected chi connectivity index (χ1v) is 7.46. The highest BCUT2D eigenvalue weighted by atomic mass is 15.2. The Morgan fingerprint density at radius 2 is 1.79 bits per heavy atom. The van der Waals surface area contributed by atoms with Gasteiger partial charge in [0.1, 0.15) is 0 Å². The monoisotopic (exact) mass is 259 g/mol. The molecular formula is C18H29N. The maximum absolute atomic E-state index is 4.29. The van der Waals surface area contributed by atoms with Crippen LogP contribution in [0.2, 0.25) is 0 Å². The Balaban J connectivity index is 3.21. The molecule has 0 spiro atoms. The van der Waals surface area contributed by atoms with Gasteiger partial charge in [-0.05, 0) is 51.7 Å². The van der Waals surface area contributed by atoms with Crippen molar-refractivity contribution in [1.29, 1.82) is 0 Å². The Kier molecular flexibility index (Phi) is 6.14. The van der Waals surface area contributed by atoms with Crippen LogP contribution in [-0.2, 0) is 0 Å². The van der Waals surface area contributed by atoms with Crippen molar-refractivity contribution in [3.63, 3.8) is 0 Å². The Morgan fingerprint density at radius 1 is 1.21 bits per heavy atom. The summed E-state index contributed by atoms with van der Waals surface area (Å²) in [4.78, 5) is 2.47. The molecule has 0 heterocycles. The fourth-order valence-corrected chi connectivity index (χ4v) is 2.71. The molecule has 0 amide bonds. The minimum atomic E-state index is 0.618. The van der Waals surface area contributed by atoms with Gasteiger partial charge in [-0.15, -0.1) is 0 Å². The summed E-state index contributed by atoms with van der Waals surface area (Å²) in [6, 6.07) is 0.618. The van der Waals surface area contributed by atoms with Gasteiger partial charge in [0.15, 0.2) is 0 Å². The number of hydrogen-bond acceptors (Lipinski definition) is 1. The smallest absolute Gasteiger partial charge is 0.0439 e. The van der Waals surface area contributed by atoms with Crippen LogP contribution in [0.25, 0.3) is 0 Å². The highest BCUT2D eigenvalue weighted by Gasteiger charge is 2.25. The average molecular weight is 259 g/mol. The van der Waals surface area contributed by atoms with Gasteiger partial charge in [0.05, 0.1) is 0 Å². The molecule has 1 fully saturated rings. The van der Waals surface area contributed by atoms with Gasteiger partial charge >= 0.3 is 0 Å². The summed E-state index contributed by atoms with van der Waals surface area (Å²) >= 11 is 0. The lowest BCUT2D eigenvalue weighted by molar-refractivity contribution is 0.316. The molecule has 0 unspecified atom stereocenters. The van der Waals surface area contributed by atoms with Crippen LogP contribution in [0.5, 0.6) is 0 Å². The van der Waals surface area contributed by atoms with E-state index in [9.17, 15) is 0 Å². The Hall–Kier alpha value is -1.24. The lowest BCUT2D eigenvalue weighted by atomic mass is 10.1. The predicted molar refractivity (Wildman–Crippen MR) is 85.9 cm³/mol. The Bertz CT molecular complexity index is 388. The number of hydrogen-bond donors (Lipinski definition) is 0. The molecule has 0 aromatic rings. The molecule has 1 aliphatic rings. The standard InChI is InChI=1S/C18H29N/c1-7-15(5)18(13-14(3)4)19(16(6)8-2)17-11-9-10-12-17/h7,13,17H,1,6,8-12H2,2-5H3/b18-15+. The zero-order valence-corrected chi connectivity index (χ0v) is 13.1. The van der Waals surface area contributed by atoms with Crippen molar-refractivity contribution < 1.29 is 0 Å². The Labute approximate surface area is 119 Å². The van der Waals surface area contributed by atoms with Gasteiger partial charge < -0.3 is 4.90 Å². The van der Waals surface area contributed by atoms with Crippen LogP contribution in [0.15, 0.2) is 47.9 Å². The largest absolute Gasteiger partial charge is 0.342 e. The van der Waals surface area contributed by atoms with Crippen molar-refractivity contribution in [2.75, 3.05) is 0 Å². The molecule has 0 N–H and O–H groups in total. The highest BCUT2D eigenvalue weighted by molar-refractivity contribution is 5.34. The van der Waals surface area contributed by atoms with Crippen molar-refractivity contribution in [3.05, 3.63) is 47.9 Å². The molecule has 1 aliphatic carbocycles. The number of rotatable bonds is 6. The molecule has 1 nitrogen and oxygen atoms in total. The lowest BCUT2D eigenvalue weighted by Gasteiger charge is -2.34. The van der Waals surface area contributed by atoms with Crippen molar-refractivity contribution >= 4 is 0 Å². The number of allylic oxidation sites excluding steroid dienone is 5. The summed E-state index contributed by atoms with van der Waals surface area (Å²) in [7, 11) is 0. The molecule has 0 aromatic heterocycles. The highest BCUT2D eigenvalue weighted by Crippen LogP contribution is 2.32. The van der Waals surface area contributed by atoms with Gasteiger partial charge in [-0.25, -0.2) is 0 Å². The summed E-state index contributed by atoms with van der Waals surface area (Å²) < 4.78 is 0. The van der Waals surface area contributed by atoms with Crippen LogP contribution in [-0.4, -0.2) is 10.9 Å². The molecule has 1 heteroatoms. The topological polar surface area (TPSA) is 3.24 Å². The second kappa shape index (κ2) is 7.37. The minimum absolute atomic E-state index is 0.618. The third kappa shape index (κ3) is 4.12. The van der Waals surface area contributed by atoms with Gasteiger partial charge in [-0.2, -0.15) is 0 Å². The molecule has 0 aromatic carbocycles. The second-order valence-corrected chi connectivity index (χ2v) is 5.72. The molecule has 1 saturated carbocycles. The van der Waals surface area contributed by atoms with Crippen LogP contribution < -0.4 is 0 Å². The predicted octanol–water partition coefficient (Wildman–Crippen LogP) is 5.58.